The first-order valence-electron chi connectivity index (χ1n) is 8.92. The minimum absolute atomic E-state index is 0.0474. The second kappa shape index (κ2) is 7.67. The molecule has 0 spiro atoms. The summed E-state index contributed by atoms with van der Waals surface area (Å²) in [5.74, 6) is -0.134. The lowest BCUT2D eigenvalue weighted by molar-refractivity contribution is 0.0770. The third kappa shape index (κ3) is 3.40. The maximum Gasteiger partial charge on any atom is 0.265 e. The number of hydrogen-bond donors (Lipinski definition) is 0. The van der Waals surface area contributed by atoms with Crippen molar-refractivity contribution >= 4 is 27.5 Å². The fraction of sp³-hybridized carbons (Fsp3) is 0.136. The van der Waals surface area contributed by atoms with Crippen molar-refractivity contribution in [2.24, 2.45) is 0 Å². The second-order valence-corrected chi connectivity index (χ2v) is 7.50. The molecule has 0 bridgehead atoms. The molecule has 1 amide bonds. The molecule has 5 nitrogen and oxygen atoms in total. The Bertz CT molecular complexity index is 1160. The van der Waals surface area contributed by atoms with Gasteiger partial charge in [0.05, 0.1) is 22.3 Å². The predicted molar refractivity (Wildman–Crippen MR) is 110 cm³/mol. The molecule has 0 radical (unpaired) electrons. The van der Waals surface area contributed by atoms with E-state index in [0.717, 1.165) is 27.2 Å². The van der Waals surface area contributed by atoms with Crippen LogP contribution in [-0.2, 0) is 6.54 Å². The number of hydrogen-bond acceptors (Lipinski definition) is 4. The van der Waals surface area contributed by atoms with E-state index in [-0.39, 0.29) is 12.5 Å². The van der Waals surface area contributed by atoms with E-state index in [9.17, 15) is 10.1 Å². The minimum atomic E-state index is -0.134. The van der Waals surface area contributed by atoms with Crippen molar-refractivity contribution in [3.05, 3.63) is 82.9 Å². The minimum Gasteiger partial charge on any atom is -0.320 e. The number of nitrogens with zero attached hydrogens (tertiary/aromatic N) is 4. The number of thiophene rings is 1. The summed E-state index contributed by atoms with van der Waals surface area (Å²) >= 11 is 1.41. The standard InChI is InChI=1S/C22H18N4OS/c1-16-19-14-20(28-22(19)26(24-16)18-10-6-3-7-11-18)21(27)25(13-12-23)15-17-8-4-2-5-9-17/h2-11,14H,13,15H2,1H3. The number of aryl methyl sites for hydroxylation is 1. The molecule has 0 aliphatic heterocycles. The lowest BCUT2D eigenvalue weighted by Gasteiger charge is -2.18. The number of nitriles is 1. The molecule has 0 unspecified atom stereocenters. The summed E-state index contributed by atoms with van der Waals surface area (Å²) in [4.78, 5) is 16.3. The third-order valence-electron chi connectivity index (χ3n) is 4.52. The predicted octanol–water partition coefficient (Wildman–Crippen LogP) is 4.56. The molecule has 0 N–H and O–H groups in total. The van der Waals surface area contributed by atoms with Gasteiger partial charge in [0.2, 0.25) is 0 Å². The highest BCUT2D eigenvalue weighted by molar-refractivity contribution is 7.20. The number of para-hydroxylation sites is 1. The molecule has 28 heavy (non-hydrogen) atoms. The number of amides is 1. The fourth-order valence-electron chi connectivity index (χ4n) is 3.14. The molecule has 0 aliphatic carbocycles. The summed E-state index contributed by atoms with van der Waals surface area (Å²) < 4.78 is 1.87. The normalized spacial score (nSPS) is 10.7. The second-order valence-electron chi connectivity index (χ2n) is 6.47. The average Bonchev–Trinajstić information content (AvgIpc) is 3.29. The van der Waals surface area contributed by atoms with Gasteiger partial charge < -0.3 is 4.90 Å². The summed E-state index contributed by atoms with van der Waals surface area (Å²) in [7, 11) is 0. The molecule has 2 heterocycles. The Hall–Kier alpha value is -3.43. The Labute approximate surface area is 167 Å². The number of carbonyl (C=O) groups excluding carboxylic acids is 1. The number of benzene rings is 2. The molecule has 0 atom stereocenters. The zero-order chi connectivity index (χ0) is 19.5. The Kier molecular flexibility index (Phi) is 4.92. The highest BCUT2D eigenvalue weighted by atomic mass is 32.1. The first kappa shape index (κ1) is 18.0. The zero-order valence-corrected chi connectivity index (χ0v) is 16.2. The monoisotopic (exact) mass is 386 g/mol. The molecule has 0 saturated carbocycles. The van der Waals surface area contributed by atoms with Crippen LogP contribution < -0.4 is 0 Å². The molecule has 138 valence electrons. The molecule has 0 aliphatic rings. The van der Waals surface area contributed by atoms with Crippen LogP contribution in [0, 0.1) is 18.3 Å². The summed E-state index contributed by atoms with van der Waals surface area (Å²) in [5.41, 5.74) is 2.84. The van der Waals surface area contributed by atoms with Crippen molar-refractivity contribution < 1.29 is 4.79 Å². The van der Waals surface area contributed by atoms with Crippen LogP contribution in [0.1, 0.15) is 20.9 Å². The highest BCUT2D eigenvalue weighted by Gasteiger charge is 2.21. The molecule has 2 aromatic carbocycles. The largest absolute Gasteiger partial charge is 0.320 e. The maximum absolute atomic E-state index is 13.1. The Morgan fingerprint density at radius 2 is 1.82 bits per heavy atom. The van der Waals surface area contributed by atoms with Crippen LogP contribution in [0.2, 0.25) is 0 Å². The SMILES string of the molecule is Cc1nn(-c2ccccc2)c2sc(C(=O)N(CC#N)Cc3ccccc3)cc12. The molecule has 4 rings (SSSR count). The van der Waals surface area contributed by atoms with Gasteiger partial charge in [0.25, 0.3) is 5.91 Å². The van der Waals surface area contributed by atoms with Gasteiger partial charge in [-0.05, 0) is 30.7 Å². The average molecular weight is 386 g/mol. The Morgan fingerprint density at radius 3 is 2.50 bits per heavy atom. The smallest absolute Gasteiger partial charge is 0.265 e. The van der Waals surface area contributed by atoms with Crippen LogP contribution >= 0.6 is 11.3 Å². The van der Waals surface area contributed by atoms with Crippen molar-refractivity contribution in [3.63, 3.8) is 0 Å². The molecule has 0 fully saturated rings. The first-order chi connectivity index (χ1) is 13.7. The van der Waals surface area contributed by atoms with Gasteiger partial charge in [0.1, 0.15) is 11.4 Å². The summed E-state index contributed by atoms with van der Waals surface area (Å²) in [5, 5.41) is 14.8. The third-order valence-corrected chi connectivity index (χ3v) is 5.62. The summed E-state index contributed by atoms with van der Waals surface area (Å²) in [6.07, 6.45) is 0. The maximum atomic E-state index is 13.1. The van der Waals surface area contributed by atoms with Crippen LogP contribution in [0.15, 0.2) is 66.7 Å². The molecular weight excluding hydrogens is 368 g/mol. The quantitative estimate of drug-likeness (QED) is 0.472. The van der Waals surface area contributed by atoms with Gasteiger partial charge in [-0.15, -0.1) is 11.3 Å². The van der Waals surface area contributed by atoms with Gasteiger partial charge in [-0.1, -0.05) is 48.5 Å². The lowest BCUT2D eigenvalue weighted by atomic mass is 10.2. The number of fused-ring (bicyclic) bond motifs is 1. The van der Waals surface area contributed by atoms with Crippen LogP contribution in [0.3, 0.4) is 0 Å². The van der Waals surface area contributed by atoms with E-state index in [4.69, 9.17) is 0 Å². The van der Waals surface area contributed by atoms with Crippen LogP contribution in [0.4, 0.5) is 0 Å². The van der Waals surface area contributed by atoms with E-state index in [2.05, 4.69) is 11.2 Å². The van der Waals surface area contributed by atoms with Gasteiger partial charge in [-0.3, -0.25) is 4.79 Å². The Balaban J connectivity index is 1.69. The van der Waals surface area contributed by atoms with Crippen LogP contribution in [-0.4, -0.2) is 27.1 Å². The molecular formula is C22H18N4OS. The molecule has 0 saturated heterocycles. The van der Waals surface area contributed by atoms with Gasteiger partial charge in [-0.2, -0.15) is 10.4 Å². The molecule has 2 aromatic heterocycles. The first-order valence-corrected chi connectivity index (χ1v) is 9.74. The van der Waals surface area contributed by atoms with Gasteiger partial charge >= 0.3 is 0 Å². The Morgan fingerprint density at radius 1 is 1.14 bits per heavy atom. The zero-order valence-electron chi connectivity index (χ0n) is 15.4. The molecule has 4 aromatic rings. The van der Waals surface area contributed by atoms with Crippen LogP contribution in [0.5, 0.6) is 0 Å². The fourth-order valence-corrected chi connectivity index (χ4v) is 4.29. The molecule has 6 heteroatoms. The van der Waals surface area contributed by atoms with E-state index in [1.807, 2.05) is 78.3 Å². The van der Waals surface area contributed by atoms with E-state index < -0.39 is 0 Å². The number of aromatic nitrogens is 2. The van der Waals surface area contributed by atoms with Crippen molar-refractivity contribution in [2.45, 2.75) is 13.5 Å². The van der Waals surface area contributed by atoms with E-state index >= 15 is 0 Å². The van der Waals surface area contributed by atoms with E-state index in [1.54, 1.807) is 4.90 Å². The lowest BCUT2D eigenvalue weighted by Crippen LogP contribution is -2.30. The summed E-state index contributed by atoms with van der Waals surface area (Å²) in [6, 6.07) is 23.6. The van der Waals surface area contributed by atoms with Crippen molar-refractivity contribution in [3.8, 4) is 11.8 Å². The van der Waals surface area contributed by atoms with Gasteiger partial charge in [0, 0.05) is 11.9 Å². The highest BCUT2D eigenvalue weighted by Crippen LogP contribution is 2.31. The van der Waals surface area contributed by atoms with Gasteiger partial charge in [0.15, 0.2) is 0 Å². The van der Waals surface area contributed by atoms with Gasteiger partial charge in [-0.25, -0.2) is 4.68 Å². The number of carbonyl (C=O) groups is 1. The van der Waals surface area contributed by atoms with Crippen molar-refractivity contribution in [2.75, 3.05) is 6.54 Å². The van der Waals surface area contributed by atoms with E-state index in [0.29, 0.717) is 11.4 Å². The summed E-state index contributed by atoms with van der Waals surface area (Å²) in [6.45, 7) is 2.40. The van der Waals surface area contributed by atoms with Crippen molar-refractivity contribution in [1.29, 1.82) is 5.26 Å². The number of rotatable bonds is 5. The van der Waals surface area contributed by atoms with Crippen LogP contribution in [0.25, 0.3) is 15.9 Å². The van der Waals surface area contributed by atoms with E-state index in [1.165, 1.54) is 11.3 Å². The topological polar surface area (TPSA) is 61.9 Å². The van der Waals surface area contributed by atoms with Crippen molar-refractivity contribution in [1.82, 2.24) is 14.7 Å².